The molecule has 120 valence electrons. The van der Waals surface area contributed by atoms with E-state index in [-0.39, 0.29) is 10.9 Å². The van der Waals surface area contributed by atoms with Crippen LogP contribution in [0.1, 0.15) is 10.4 Å². The molecule has 1 aliphatic heterocycles. The molecule has 1 aromatic rings. The average molecular weight is 347 g/mol. The number of piperazine rings is 1. The van der Waals surface area contributed by atoms with Gasteiger partial charge in [0.05, 0.1) is 29.8 Å². The van der Waals surface area contributed by atoms with E-state index >= 15 is 0 Å². The number of carbonyl (C=O) groups excluding carboxylic acids is 2. The first kappa shape index (κ1) is 16.7. The van der Waals surface area contributed by atoms with Crippen LogP contribution in [0.3, 0.4) is 0 Å². The third kappa shape index (κ3) is 3.39. The topological polar surface area (TPSA) is 59.1 Å². The molecule has 0 bridgehead atoms. The lowest BCUT2D eigenvalue weighted by Crippen LogP contribution is -2.50. The van der Waals surface area contributed by atoms with Crippen LogP contribution in [0.25, 0.3) is 0 Å². The molecule has 1 fully saturated rings. The van der Waals surface area contributed by atoms with Crippen molar-refractivity contribution in [2.75, 3.05) is 40.4 Å². The lowest BCUT2D eigenvalue weighted by atomic mass is 10.1. The highest BCUT2D eigenvalue weighted by molar-refractivity contribution is 6.36. The van der Waals surface area contributed by atoms with E-state index in [2.05, 4.69) is 4.74 Å². The number of methoxy groups -OCH3 is 2. The predicted molar refractivity (Wildman–Crippen MR) is 82.9 cm³/mol. The number of carbonyl (C=O) groups is 2. The number of amides is 2. The van der Waals surface area contributed by atoms with Crippen molar-refractivity contribution in [3.8, 4) is 5.75 Å². The molecular formula is C14H16Cl2N2O4. The lowest BCUT2D eigenvalue weighted by molar-refractivity contribution is 0.0600. The van der Waals surface area contributed by atoms with Gasteiger partial charge in [0.25, 0.3) is 5.91 Å². The summed E-state index contributed by atoms with van der Waals surface area (Å²) < 4.78 is 9.72. The van der Waals surface area contributed by atoms with E-state index in [0.29, 0.717) is 42.5 Å². The zero-order valence-corrected chi connectivity index (χ0v) is 13.8. The molecule has 0 spiro atoms. The Kier molecular flexibility index (Phi) is 5.37. The fourth-order valence-electron chi connectivity index (χ4n) is 2.24. The molecule has 0 aromatic heterocycles. The van der Waals surface area contributed by atoms with E-state index in [0.717, 1.165) is 0 Å². The second kappa shape index (κ2) is 7.07. The van der Waals surface area contributed by atoms with Crippen LogP contribution >= 0.6 is 23.2 Å². The Labute approximate surface area is 138 Å². The Morgan fingerprint density at radius 3 is 2.14 bits per heavy atom. The second-order valence-electron chi connectivity index (χ2n) is 4.72. The Hall–Kier alpha value is -1.66. The van der Waals surface area contributed by atoms with Gasteiger partial charge >= 0.3 is 6.09 Å². The summed E-state index contributed by atoms with van der Waals surface area (Å²) in [4.78, 5) is 27.1. The number of hydrogen-bond donors (Lipinski definition) is 0. The van der Waals surface area contributed by atoms with Crippen molar-refractivity contribution in [2.24, 2.45) is 0 Å². The molecule has 8 heteroatoms. The van der Waals surface area contributed by atoms with Crippen LogP contribution in [-0.4, -0.2) is 62.2 Å². The summed E-state index contributed by atoms with van der Waals surface area (Å²) >= 11 is 12.2. The van der Waals surface area contributed by atoms with Gasteiger partial charge in [-0.25, -0.2) is 4.79 Å². The molecule has 0 atom stereocenters. The lowest BCUT2D eigenvalue weighted by Gasteiger charge is -2.34. The fourth-order valence-corrected chi connectivity index (χ4v) is 2.72. The highest BCUT2D eigenvalue weighted by atomic mass is 35.5. The smallest absolute Gasteiger partial charge is 0.409 e. The maximum Gasteiger partial charge on any atom is 0.409 e. The van der Waals surface area contributed by atoms with E-state index in [1.807, 2.05) is 0 Å². The summed E-state index contributed by atoms with van der Waals surface area (Å²) in [5.74, 6) is 0.192. The highest BCUT2D eigenvalue weighted by Crippen LogP contribution is 2.31. The Bertz CT molecular complexity index is 586. The van der Waals surface area contributed by atoms with Crippen LogP contribution < -0.4 is 4.74 Å². The normalized spacial score (nSPS) is 14.7. The molecule has 22 heavy (non-hydrogen) atoms. The maximum absolute atomic E-state index is 12.5. The molecule has 2 rings (SSSR count). The molecule has 6 nitrogen and oxygen atoms in total. The molecule has 0 unspecified atom stereocenters. The molecule has 1 aromatic carbocycles. The standard InChI is InChI=1S/C14H16Cl2N2O4/c1-21-12-8-10(15)9(7-11(12)16)13(19)17-3-5-18(6-4-17)14(20)22-2/h7-8H,3-6H2,1-2H3. The minimum atomic E-state index is -0.391. The summed E-state index contributed by atoms with van der Waals surface area (Å²) in [5, 5.41) is 0.602. The van der Waals surface area contributed by atoms with Crippen molar-refractivity contribution in [1.82, 2.24) is 9.80 Å². The molecular weight excluding hydrogens is 331 g/mol. The largest absolute Gasteiger partial charge is 0.495 e. The van der Waals surface area contributed by atoms with E-state index < -0.39 is 6.09 Å². The zero-order valence-electron chi connectivity index (χ0n) is 12.3. The number of ether oxygens (including phenoxy) is 2. The molecule has 0 aliphatic carbocycles. The van der Waals surface area contributed by atoms with E-state index in [9.17, 15) is 9.59 Å². The van der Waals surface area contributed by atoms with Crippen molar-refractivity contribution in [1.29, 1.82) is 0 Å². The number of halogens is 2. The Balaban J connectivity index is 2.10. The molecule has 0 N–H and O–H groups in total. The van der Waals surface area contributed by atoms with Crippen molar-refractivity contribution in [3.05, 3.63) is 27.7 Å². The fraction of sp³-hybridized carbons (Fsp3) is 0.429. The van der Waals surface area contributed by atoms with Crippen LogP contribution in [-0.2, 0) is 4.74 Å². The third-order valence-electron chi connectivity index (χ3n) is 3.47. The molecule has 1 heterocycles. The quantitative estimate of drug-likeness (QED) is 0.825. The molecule has 0 radical (unpaired) electrons. The summed E-state index contributed by atoms with van der Waals surface area (Å²) in [6, 6.07) is 3.01. The van der Waals surface area contributed by atoms with Crippen molar-refractivity contribution >= 4 is 35.2 Å². The first-order valence-corrected chi connectivity index (χ1v) is 7.38. The number of benzene rings is 1. The molecule has 0 saturated carbocycles. The van der Waals surface area contributed by atoms with Crippen LogP contribution in [0.2, 0.25) is 10.0 Å². The molecule has 2 amide bonds. The summed E-state index contributed by atoms with van der Waals surface area (Å²) in [7, 11) is 2.81. The van der Waals surface area contributed by atoms with Gasteiger partial charge in [-0.2, -0.15) is 0 Å². The van der Waals surface area contributed by atoms with Crippen LogP contribution in [0.15, 0.2) is 12.1 Å². The number of nitrogens with zero attached hydrogens (tertiary/aromatic N) is 2. The zero-order chi connectivity index (χ0) is 16.3. The van der Waals surface area contributed by atoms with Crippen molar-refractivity contribution in [3.63, 3.8) is 0 Å². The first-order chi connectivity index (χ1) is 10.5. The van der Waals surface area contributed by atoms with Gasteiger partial charge in [0, 0.05) is 32.2 Å². The Morgan fingerprint density at radius 1 is 1.00 bits per heavy atom. The maximum atomic E-state index is 12.5. The van der Waals surface area contributed by atoms with Gasteiger partial charge in [0.15, 0.2) is 0 Å². The summed E-state index contributed by atoms with van der Waals surface area (Å²) in [6.07, 6.45) is -0.391. The number of rotatable bonds is 2. The highest BCUT2D eigenvalue weighted by Gasteiger charge is 2.26. The van der Waals surface area contributed by atoms with Crippen molar-refractivity contribution in [2.45, 2.75) is 0 Å². The third-order valence-corrected chi connectivity index (χ3v) is 4.08. The van der Waals surface area contributed by atoms with E-state index in [4.69, 9.17) is 27.9 Å². The second-order valence-corrected chi connectivity index (χ2v) is 5.53. The van der Waals surface area contributed by atoms with E-state index in [1.54, 1.807) is 9.80 Å². The monoisotopic (exact) mass is 346 g/mol. The van der Waals surface area contributed by atoms with Gasteiger partial charge in [-0.05, 0) is 6.07 Å². The van der Waals surface area contributed by atoms with E-state index in [1.165, 1.54) is 26.4 Å². The van der Waals surface area contributed by atoms with Crippen LogP contribution in [0.5, 0.6) is 5.75 Å². The van der Waals surface area contributed by atoms with Crippen LogP contribution in [0.4, 0.5) is 4.79 Å². The molecule has 1 saturated heterocycles. The van der Waals surface area contributed by atoms with Gasteiger partial charge in [-0.3, -0.25) is 4.79 Å². The van der Waals surface area contributed by atoms with Crippen molar-refractivity contribution < 1.29 is 19.1 Å². The Morgan fingerprint density at radius 2 is 1.59 bits per heavy atom. The summed E-state index contributed by atoms with van der Waals surface area (Å²) in [6.45, 7) is 1.65. The minimum Gasteiger partial charge on any atom is -0.495 e. The minimum absolute atomic E-state index is 0.223. The SMILES string of the molecule is COC(=O)N1CCN(C(=O)c2cc(Cl)c(OC)cc2Cl)CC1. The van der Waals surface area contributed by atoms with Crippen LogP contribution in [0, 0.1) is 0 Å². The summed E-state index contributed by atoms with van der Waals surface area (Å²) in [5.41, 5.74) is 0.319. The predicted octanol–water partition coefficient (Wildman–Crippen LogP) is 2.53. The number of hydrogen-bond acceptors (Lipinski definition) is 4. The van der Waals surface area contributed by atoms with Gasteiger partial charge < -0.3 is 19.3 Å². The van der Waals surface area contributed by atoms with Gasteiger partial charge in [-0.15, -0.1) is 0 Å². The average Bonchev–Trinajstić information content (AvgIpc) is 2.55. The van der Waals surface area contributed by atoms with Gasteiger partial charge in [-0.1, -0.05) is 23.2 Å². The van der Waals surface area contributed by atoms with Gasteiger partial charge in [0.1, 0.15) is 5.75 Å². The first-order valence-electron chi connectivity index (χ1n) is 6.63. The van der Waals surface area contributed by atoms with Gasteiger partial charge in [0.2, 0.25) is 0 Å². The molecule has 1 aliphatic rings.